The van der Waals surface area contributed by atoms with E-state index in [0.717, 1.165) is 24.2 Å². The lowest BCUT2D eigenvalue weighted by Crippen LogP contribution is -2.25. The van der Waals surface area contributed by atoms with Gasteiger partial charge in [0.25, 0.3) is 5.91 Å². The van der Waals surface area contributed by atoms with Gasteiger partial charge in [-0.3, -0.25) is 9.48 Å². The van der Waals surface area contributed by atoms with Crippen LogP contribution >= 0.6 is 0 Å². The molecule has 0 unspecified atom stereocenters. The molecular weight excluding hydrogens is 254 g/mol. The molecule has 0 bridgehead atoms. The third-order valence-electron chi connectivity index (χ3n) is 3.32. The molecule has 1 aliphatic rings. The van der Waals surface area contributed by atoms with Gasteiger partial charge in [-0.05, 0) is 31.0 Å². The Labute approximate surface area is 117 Å². The van der Waals surface area contributed by atoms with Crippen LogP contribution in [-0.4, -0.2) is 26.9 Å². The van der Waals surface area contributed by atoms with E-state index in [1.165, 1.54) is 0 Å². The van der Waals surface area contributed by atoms with E-state index in [-0.39, 0.29) is 5.91 Å². The van der Waals surface area contributed by atoms with Crippen molar-refractivity contribution in [2.24, 2.45) is 7.05 Å². The minimum absolute atomic E-state index is 0.00153. The molecule has 1 aromatic carbocycles. The second-order valence-electron chi connectivity index (χ2n) is 5.03. The van der Waals surface area contributed by atoms with Crippen molar-refractivity contribution in [3.8, 4) is 0 Å². The van der Waals surface area contributed by atoms with E-state index >= 15 is 0 Å². The first-order chi connectivity index (χ1) is 9.72. The van der Waals surface area contributed by atoms with Crippen molar-refractivity contribution >= 4 is 11.6 Å². The lowest BCUT2D eigenvalue weighted by molar-refractivity contribution is 0.0951. The average Bonchev–Trinajstić information content (AvgIpc) is 3.17. The van der Waals surface area contributed by atoms with Crippen molar-refractivity contribution < 1.29 is 4.79 Å². The van der Waals surface area contributed by atoms with Crippen LogP contribution in [-0.2, 0) is 13.6 Å². The molecule has 1 amide bonds. The van der Waals surface area contributed by atoms with Crippen LogP contribution in [0.2, 0.25) is 0 Å². The highest BCUT2D eigenvalue weighted by Crippen LogP contribution is 2.20. The molecule has 6 heteroatoms. The van der Waals surface area contributed by atoms with Gasteiger partial charge in [-0.2, -0.15) is 0 Å². The van der Waals surface area contributed by atoms with Crippen molar-refractivity contribution in [1.82, 2.24) is 20.3 Å². The van der Waals surface area contributed by atoms with Crippen LogP contribution in [0.1, 0.15) is 28.9 Å². The Balaban J connectivity index is 1.64. The Morgan fingerprint density at radius 1 is 1.45 bits per heavy atom. The van der Waals surface area contributed by atoms with E-state index in [2.05, 4.69) is 20.9 Å². The second kappa shape index (κ2) is 5.32. The van der Waals surface area contributed by atoms with E-state index in [1.54, 1.807) is 10.9 Å². The molecule has 0 radical (unpaired) electrons. The number of rotatable bonds is 5. The standard InChI is InChI=1S/C14H17N5O/c1-19-13(9-16-18-19)8-15-12-4-2-3-10(7-12)14(20)17-11-5-6-11/h2-4,7,9,11,15H,5-6,8H2,1H3,(H,17,20). The highest BCUT2D eigenvalue weighted by atomic mass is 16.1. The third kappa shape index (κ3) is 2.96. The quantitative estimate of drug-likeness (QED) is 0.860. The number of hydrogen-bond acceptors (Lipinski definition) is 4. The summed E-state index contributed by atoms with van der Waals surface area (Å²) in [6.45, 7) is 0.622. The molecule has 2 aromatic rings. The lowest BCUT2D eigenvalue weighted by atomic mass is 10.2. The van der Waals surface area contributed by atoms with Crippen molar-refractivity contribution in [2.45, 2.75) is 25.4 Å². The maximum absolute atomic E-state index is 12.0. The Morgan fingerprint density at radius 2 is 2.30 bits per heavy atom. The van der Waals surface area contributed by atoms with E-state index in [4.69, 9.17) is 0 Å². The molecule has 3 rings (SSSR count). The van der Waals surface area contributed by atoms with Gasteiger partial charge in [-0.25, -0.2) is 0 Å². The molecular formula is C14H17N5O. The number of hydrogen-bond donors (Lipinski definition) is 2. The summed E-state index contributed by atoms with van der Waals surface area (Å²) >= 11 is 0. The maximum Gasteiger partial charge on any atom is 0.251 e. The van der Waals surface area contributed by atoms with Gasteiger partial charge in [0.1, 0.15) is 0 Å². The molecule has 1 aliphatic carbocycles. The van der Waals surface area contributed by atoms with E-state index in [0.29, 0.717) is 18.2 Å². The fourth-order valence-electron chi connectivity index (χ4n) is 1.93. The number of nitrogens with zero attached hydrogens (tertiary/aromatic N) is 3. The van der Waals surface area contributed by atoms with Gasteiger partial charge in [0.15, 0.2) is 0 Å². The zero-order valence-corrected chi connectivity index (χ0v) is 11.3. The SMILES string of the molecule is Cn1nncc1CNc1cccc(C(=O)NC2CC2)c1. The maximum atomic E-state index is 12.0. The van der Waals surface area contributed by atoms with Crippen molar-refractivity contribution in [2.75, 3.05) is 5.32 Å². The van der Waals surface area contributed by atoms with Gasteiger partial charge in [0.05, 0.1) is 18.4 Å². The third-order valence-corrected chi connectivity index (χ3v) is 3.32. The molecule has 0 saturated heterocycles. The zero-order valence-electron chi connectivity index (χ0n) is 11.3. The number of benzene rings is 1. The molecule has 1 fully saturated rings. The van der Waals surface area contributed by atoms with Crippen molar-refractivity contribution in [3.05, 3.63) is 41.7 Å². The Hall–Kier alpha value is -2.37. The normalized spacial score (nSPS) is 14.1. The number of aromatic nitrogens is 3. The highest BCUT2D eigenvalue weighted by molar-refractivity contribution is 5.95. The van der Waals surface area contributed by atoms with E-state index < -0.39 is 0 Å². The fraction of sp³-hybridized carbons (Fsp3) is 0.357. The molecule has 0 atom stereocenters. The van der Waals surface area contributed by atoms with Crippen LogP contribution < -0.4 is 10.6 Å². The van der Waals surface area contributed by atoms with Crippen LogP contribution in [0.15, 0.2) is 30.5 Å². The molecule has 0 spiro atoms. The molecule has 0 aliphatic heterocycles. The fourth-order valence-corrected chi connectivity index (χ4v) is 1.93. The van der Waals surface area contributed by atoms with E-state index in [9.17, 15) is 4.79 Å². The van der Waals surface area contributed by atoms with Gasteiger partial charge in [-0.15, -0.1) is 5.10 Å². The molecule has 1 heterocycles. The smallest absolute Gasteiger partial charge is 0.251 e. The number of anilines is 1. The minimum Gasteiger partial charge on any atom is -0.379 e. The first kappa shape index (κ1) is 12.7. The second-order valence-corrected chi connectivity index (χ2v) is 5.03. The molecule has 6 nitrogen and oxygen atoms in total. The van der Waals surface area contributed by atoms with Crippen molar-refractivity contribution in [1.29, 1.82) is 0 Å². The topological polar surface area (TPSA) is 71.8 Å². The zero-order chi connectivity index (χ0) is 13.9. The summed E-state index contributed by atoms with van der Waals surface area (Å²) in [6.07, 6.45) is 3.91. The first-order valence-corrected chi connectivity index (χ1v) is 6.71. The summed E-state index contributed by atoms with van der Waals surface area (Å²) in [7, 11) is 1.85. The van der Waals surface area contributed by atoms with Crippen LogP contribution in [0.5, 0.6) is 0 Å². The van der Waals surface area contributed by atoms with Gasteiger partial charge in [-0.1, -0.05) is 11.3 Å². The van der Waals surface area contributed by atoms with Gasteiger partial charge < -0.3 is 10.6 Å². The van der Waals surface area contributed by atoms with Crippen LogP contribution in [0.3, 0.4) is 0 Å². The predicted molar refractivity (Wildman–Crippen MR) is 75.3 cm³/mol. The average molecular weight is 271 g/mol. The number of aryl methyl sites for hydroxylation is 1. The highest BCUT2D eigenvalue weighted by Gasteiger charge is 2.23. The number of nitrogens with one attached hydrogen (secondary N) is 2. The Kier molecular flexibility index (Phi) is 3.37. The summed E-state index contributed by atoms with van der Waals surface area (Å²) < 4.78 is 1.72. The summed E-state index contributed by atoms with van der Waals surface area (Å²) in [5, 5.41) is 14.0. The van der Waals surface area contributed by atoms with Gasteiger partial charge >= 0.3 is 0 Å². The largest absolute Gasteiger partial charge is 0.379 e. The lowest BCUT2D eigenvalue weighted by Gasteiger charge is -2.08. The van der Waals surface area contributed by atoms with E-state index in [1.807, 2.05) is 31.3 Å². The van der Waals surface area contributed by atoms with Gasteiger partial charge in [0, 0.05) is 24.3 Å². The monoisotopic (exact) mass is 271 g/mol. The molecule has 104 valence electrons. The molecule has 20 heavy (non-hydrogen) atoms. The summed E-state index contributed by atoms with van der Waals surface area (Å²) in [5.74, 6) is -0.00153. The van der Waals surface area contributed by atoms with Crippen molar-refractivity contribution in [3.63, 3.8) is 0 Å². The number of carbonyl (C=O) groups excluding carboxylic acids is 1. The Morgan fingerprint density at radius 3 is 3.00 bits per heavy atom. The molecule has 1 saturated carbocycles. The molecule has 1 aromatic heterocycles. The molecule has 2 N–H and O–H groups in total. The van der Waals surface area contributed by atoms with Crippen LogP contribution in [0.4, 0.5) is 5.69 Å². The first-order valence-electron chi connectivity index (χ1n) is 6.71. The Bertz CT molecular complexity index is 618. The van der Waals surface area contributed by atoms with Crippen LogP contribution in [0, 0.1) is 0 Å². The summed E-state index contributed by atoms with van der Waals surface area (Å²) in [6, 6.07) is 7.89. The minimum atomic E-state index is -0.00153. The number of amides is 1. The summed E-state index contributed by atoms with van der Waals surface area (Å²) in [5.41, 5.74) is 2.58. The van der Waals surface area contributed by atoms with Crippen LogP contribution in [0.25, 0.3) is 0 Å². The van der Waals surface area contributed by atoms with Gasteiger partial charge in [0.2, 0.25) is 0 Å². The summed E-state index contributed by atoms with van der Waals surface area (Å²) in [4.78, 5) is 12.0. The number of carbonyl (C=O) groups is 1. The predicted octanol–water partition coefficient (Wildman–Crippen LogP) is 1.32.